The van der Waals surface area contributed by atoms with E-state index in [1.54, 1.807) is 0 Å². The van der Waals surface area contributed by atoms with Crippen molar-refractivity contribution in [1.82, 2.24) is 5.32 Å². The van der Waals surface area contributed by atoms with Crippen molar-refractivity contribution >= 4 is 11.9 Å². The highest BCUT2D eigenvalue weighted by Gasteiger charge is 2.36. The van der Waals surface area contributed by atoms with Gasteiger partial charge in [0.15, 0.2) is 5.78 Å². The molecule has 0 radical (unpaired) electrons. The second-order valence-electron chi connectivity index (χ2n) is 4.91. The molecule has 1 unspecified atom stereocenters. The molecule has 0 aliphatic heterocycles. The first-order valence-corrected chi connectivity index (χ1v) is 5.80. The summed E-state index contributed by atoms with van der Waals surface area (Å²) in [5, 5.41) is 2.64. The van der Waals surface area contributed by atoms with Gasteiger partial charge in [-0.2, -0.15) is 0 Å². The zero-order chi connectivity index (χ0) is 12.3. The van der Waals surface area contributed by atoms with Crippen molar-refractivity contribution in [3.05, 3.63) is 0 Å². The highest BCUT2D eigenvalue weighted by Crippen LogP contribution is 2.37. The van der Waals surface area contributed by atoms with E-state index in [9.17, 15) is 9.59 Å². The van der Waals surface area contributed by atoms with Crippen LogP contribution in [0.15, 0.2) is 0 Å². The van der Waals surface area contributed by atoms with E-state index in [0.717, 1.165) is 12.8 Å². The van der Waals surface area contributed by atoms with Crippen LogP contribution in [0.25, 0.3) is 0 Å². The first-order chi connectivity index (χ1) is 7.45. The third kappa shape index (κ3) is 2.97. The van der Waals surface area contributed by atoms with Crippen LogP contribution in [-0.2, 0) is 9.53 Å². The lowest BCUT2D eigenvalue weighted by Gasteiger charge is -2.21. The van der Waals surface area contributed by atoms with Crippen LogP contribution in [0, 0.1) is 17.8 Å². The fourth-order valence-corrected chi connectivity index (χ4v) is 2.53. The SMILES string of the molecule is COC(=O)NC(C(C)=O)[C@H]1C[C@@H](C)[C@@H](C)C1. The number of amides is 1. The Hall–Kier alpha value is -1.06. The van der Waals surface area contributed by atoms with E-state index in [1.165, 1.54) is 14.0 Å². The van der Waals surface area contributed by atoms with Crippen molar-refractivity contribution in [2.24, 2.45) is 17.8 Å². The Morgan fingerprint density at radius 2 is 1.75 bits per heavy atom. The largest absolute Gasteiger partial charge is 0.453 e. The van der Waals surface area contributed by atoms with Gasteiger partial charge in [-0.15, -0.1) is 0 Å². The smallest absolute Gasteiger partial charge is 0.407 e. The minimum Gasteiger partial charge on any atom is -0.453 e. The van der Waals surface area contributed by atoms with Crippen LogP contribution in [0.4, 0.5) is 4.79 Å². The van der Waals surface area contributed by atoms with Crippen LogP contribution in [0.3, 0.4) is 0 Å². The minimum absolute atomic E-state index is 0.0108. The van der Waals surface area contributed by atoms with E-state index in [1.807, 2.05) is 0 Å². The maximum atomic E-state index is 11.5. The predicted octanol–water partition coefficient (Wildman–Crippen LogP) is 1.98. The molecule has 0 heterocycles. The molecule has 4 atom stereocenters. The average molecular weight is 227 g/mol. The molecular formula is C12H21NO3. The molecule has 1 amide bonds. The number of carbonyl (C=O) groups excluding carboxylic acids is 2. The van der Waals surface area contributed by atoms with Crippen LogP contribution in [-0.4, -0.2) is 25.0 Å². The summed E-state index contributed by atoms with van der Waals surface area (Å²) in [4.78, 5) is 22.7. The number of nitrogens with one attached hydrogen (secondary N) is 1. The Labute approximate surface area is 96.7 Å². The van der Waals surface area contributed by atoms with Crippen LogP contribution in [0.2, 0.25) is 0 Å². The lowest BCUT2D eigenvalue weighted by atomic mass is 9.94. The molecule has 0 aromatic heterocycles. The van der Waals surface area contributed by atoms with Gasteiger partial charge in [-0.25, -0.2) is 4.79 Å². The number of ketones is 1. The number of hydrogen-bond donors (Lipinski definition) is 1. The van der Waals surface area contributed by atoms with Crippen molar-refractivity contribution in [3.63, 3.8) is 0 Å². The lowest BCUT2D eigenvalue weighted by Crippen LogP contribution is -2.44. The molecule has 1 rings (SSSR count). The zero-order valence-corrected chi connectivity index (χ0v) is 10.4. The van der Waals surface area contributed by atoms with E-state index >= 15 is 0 Å². The molecule has 1 aliphatic carbocycles. The molecule has 16 heavy (non-hydrogen) atoms. The fourth-order valence-electron chi connectivity index (χ4n) is 2.53. The van der Waals surface area contributed by atoms with Crippen LogP contribution < -0.4 is 5.32 Å². The van der Waals surface area contributed by atoms with Gasteiger partial charge in [-0.1, -0.05) is 13.8 Å². The summed E-state index contributed by atoms with van der Waals surface area (Å²) in [7, 11) is 1.31. The van der Waals surface area contributed by atoms with E-state index in [2.05, 4.69) is 23.9 Å². The Morgan fingerprint density at radius 3 is 2.12 bits per heavy atom. The average Bonchev–Trinajstić information content (AvgIpc) is 2.54. The topological polar surface area (TPSA) is 55.4 Å². The Balaban J connectivity index is 2.64. The van der Waals surface area contributed by atoms with Gasteiger partial charge in [0.2, 0.25) is 0 Å². The molecular weight excluding hydrogens is 206 g/mol. The number of Topliss-reactive ketones (excluding diaryl/α,β-unsaturated/α-hetero) is 1. The molecule has 0 saturated heterocycles. The summed E-state index contributed by atoms with van der Waals surface area (Å²) in [6.07, 6.45) is 1.47. The second kappa shape index (κ2) is 5.32. The predicted molar refractivity (Wildman–Crippen MR) is 61.1 cm³/mol. The number of carbonyl (C=O) groups is 2. The van der Waals surface area contributed by atoms with Crippen LogP contribution in [0.5, 0.6) is 0 Å². The van der Waals surface area contributed by atoms with Crippen molar-refractivity contribution in [1.29, 1.82) is 0 Å². The summed E-state index contributed by atoms with van der Waals surface area (Å²) >= 11 is 0. The summed E-state index contributed by atoms with van der Waals surface area (Å²) in [6, 6.07) is -0.389. The van der Waals surface area contributed by atoms with Crippen molar-refractivity contribution in [2.45, 2.75) is 39.7 Å². The third-order valence-electron chi connectivity index (χ3n) is 3.69. The van der Waals surface area contributed by atoms with Crippen molar-refractivity contribution in [3.8, 4) is 0 Å². The van der Waals surface area contributed by atoms with Crippen LogP contribution in [0.1, 0.15) is 33.6 Å². The minimum atomic E-state index is -0.521. The molecule has 92 valence electrons. The number of hydrogen-bond acceptors (Lipinski definition) is 3. The van der Waals surface area contributed by atoms with Crippen molar-refractivity contribution in [2.75, 3.05) is 7.11 Å². The van der Waals surface area contributed by atoms with Gasteiger partial charge >= 0.3 is 6.09 Å². The number of ether oxygens (including phenoxy) is 1. The summed E-state index contributed by atoms with van der Waals surface area (Å²) in [5.41, 5.74) is 0. The highest BCUT2D eigenvalue weighted by molar-refractivity contribution is 5.85. The third-order valence-corrected chi connectivity index (χ3v) is 3.69. The van der Waals surface area contributed by atoms with E-state index < -0.39 is 6.09 Å². The van der Waals surface area contributed by atoms with E-state index in [4.69, 9.17) is 0 Å². The maximum absolute atomic E-state index is 11.5. The van der Waals surface area contributed by atoms with Gasteiger partial charge < -0.3 is 10.1 Å². The summed E-state index contributed by atoms with van der Waals surface area (Å²) in [6.45, 7) is 5.91. The lowest BCUT2D eigenvalue weighted by molar-refractivity contribution is -0.120. The Bertz CT molecular complexity index is 267. The first-order valence-electron chi connectivity index (χ1n) is 5.80. The molecule has 0 bridgehead atoms. The second-order valence-corrected chi connectivity index (χ2v) is 4.91. The van der Waals surface area contributed by atoms with Gasteiger partial charge in [-0.3, -0.25) is 4.79 Å². The molecule has 0 aromatic rings. The van der Waals surface area contributed by atoms with Gasteiger partial charge in [-0.05, 0) is 37.5 Å². The molecule has 4 heteroatoms. The molecule has 1 fully saturated rings. The number of methoxy groups -OCH3 is 1. The maximum Gasteiger partial charge on any atom is 0.407 e. The van der Waals surface area contributed by atoms with E-state index in [-0.39, 0.29) is 17.7 Å². The van der Waals surface area contributed by atoms with E-state index in [0.29, 0.717) is 11.8 Å². The molecule has 1 N–H and O–H groups in total. The van der Waals surface area contributed by atoms with Crippen molar-refractivity contribution < 1.29 is 14.3 Å². The molecule has 1 aliphatic rings. The Kier molecular flexibility index (Phi) is 4.33. The van der Waals surface area contributed by atoms with Gasteiger partial charge in [0.1, 0.15) is 0 Å². The number of alkyl carbamates (subject to hydrolysis) is 1. The molecule has 0 aromatic carbocycles. The monoisotopic (exact) mass is 227 g/mol. The number of rotatable bonds is 3. The first kappa shape index (κ1) is 13.0. The standard InChI is InChI=1S/C12H21NO3/c1-7-5-10(6-8(7)2)11(9(3)14)13-12(15)16-4/h7-8,10-11H,5-6H2,1-4H3,(H,13,15)/t7-,8+,10+,11?. The zero-order valence-electron chi connectivity index (χ0n) is 10.4. The quantitative estimate of drug-likeness (QED) is 0.802. The normalized spacial score (nSPS) is 30.9. The molecule has 0 spiro atoms. The highest BCUT2D eigenvalue weighted by atomic mass is 16.5. The van der Waals surface area contributed by atoms with Crippen LogP contribution >= 0.6 is 0 Å². The summed E-state index contributed by atoms with van der Waals surface area (Å²) in [5.74, 6) is 1.50. The molecule has 1 saturated carbocycles. The Morgan fingerprint density at radius 1 is 1.25 bits per heavy atom. The van der Waals surface area contributed by atoms with Gasteiger partial charge in [0, 0.05) is 0 Å². The summed E-state index contributed by atoms with van der Waals surface area (Å²) < 4.78 is 4.54. The van der Waals surface area contributed by atoms with Gasteiger partial charge in [0.25, 0.3) is 0 Å². The van der Waals surface area contributed by atoms with Gasteiger partial charge in [0.05, 0.1) is 13.2 Å². The molecule has 4 nitrogen and oxygen atoms in total. The fraction of sp³-hybridized carbons (Fsp3) is 0.833.